The average molecular weight is 248 g/mol. The Bertz CT molecular complexity index is 336. The van der Waals surface area contributed by atoms with Gasteiger partial charge >= 0.3 is 0 Å². The summed E-state index contributed by atoms with van der Waals surface area (Å²) >= 11 is 0. The van der Waals surface area contributed by atoms with Gasteiger partial charge in [0.15, 0.2) is 0 Å². The van der Waals surface area contributed by atoms with Gasteiger partial charge in [0.05, 0.1) is 0 Å². The van der Waals surface area contributed by atoms with Gasteiger partial charge in [0, 0.05) is 6.04 Å². The molecule has 0 aliphatic heterocycles. The van der Waals surface area contributed by atoms with Crippen LogP contribution in [0, 0.1) is 6.92 Å². The Morgan fingerprint density at radius 3 is 2.61 bits per heavy atom. The summed E-state index contributed by atoms with van der Waals surface area (Å²) in [6.07, 6.45) is 3.59. The molecule has 0 saturated heterocycles. The number of benzene rings is 1. The highest BCUT2D eigenvalue weighted by Crippen LogP contribution is 2.15. The van der Waals surface area contributed by atoms with Gasteiger partial charge in [-0.05, 0) is 45.0 Å². The zero-order chi connectivity index (χ0) is 13.4. The van der Waals surface area contributed by atoms with Gasteiger partial charge in [-0.15, -0.1) is 0 Å². The summed E-state index contributed by atoms with van der Waals surface area (Å²) < 4.78 is 0. The second-order valence-corrected chi connectivity index (χ2v) is 5.10. The molecule has 1 unspecified atom stereocenters. The van der Waals surface area contributed by atoms with E-state index in [0.717, 1.165) is 19.5 Å². The quantitative estimate of drug-likeness (QED) is 0.763. The van der Waals surface area contributed by atoms with Crippen LogP contribution in [0.15, 0.2) is 24.3 Å². The monoisotopic (exact) mass is 248 g/mol. The highest BCUT2D eigenvalue weighted by atomic mass is 15.1. The third kappa shape index (κ3) is 5.19. The minimum atomic E-state index is 0.167. The zero-order valence-electron chi connectivity index (χ0n) is 12.2. The van der Waals surface area contributed by atoms with Crippen LogP contribution in [0.4, 0.5) is 0 Å². The number of nitrogens with zero attached hydrogens (tertiary/aromatic N) is 1. The highest BCUT2D eigenvalue weighted by molar-refractivity contribution is 5.24. The van der Waals surface area contributed by atoms with Gasteiger partial charge in [-0.1, -0.05) is 50.1 Å². The van der Waals surface area contributed by atoms with E-state index in [1.165, 1.54) is 30.5 Å². The molecule has 102 valence electrons. The van der Waals surface area contributed by atoms with E-state index >= 15 is 0 Å². The molecule has 1 atom stereocenters. The normalized spacial score (nSPS) is 12.9. The van der Waals surface area contributed by atoms with E-state index in [1.807, 2.05) is 0 Å². The first-order chi connectivity index (χ1) is 8.67. The molecule has 0 heterocycles. The van der Waals surface area contributed by atoms with Gasteiger partial charge in [-0.25, -0.2) is 0 Å². The van der Waals surface area contributed by atoms with Gasteiger partial charge in [0.2, 0.25) is 0 Å². The van der Waals surface area contributed by atoms with E-state index in [-0.39, 0.29) is 6.04 Å². The highest BCUT2D eigenvalue weighted by Gasteiger charge is 2.08. The maximum absolute atomic E-state index is 6.27. The lowest BCUT2D eigenvalue weighted by molar-refractivity contribution is 0.272. The maximum Gasteiger partial charge on any atom is 0.0307 e. The van der Waals surface area contributed by atoms with E-state index in [9.17, 15) is 0 Å². The Kier molecular flexibility index (Phi) is 6.99. The Morgan fingerprint density at radius 2 is 2.00 bits per heavy atom. The number of hydrogen-bond donors (Lipinski definition) is 1. The second kappa shape index (κ2) is 8.28. The minimum Gasteiger partial charge on any atom is -0.324 e. The average Bonchev–Trinajstić information content (AvgIpc) is 2.38. The van der Waals surface area contributed by atoms with Crippen molar-refractivity contribution in [2.24, 2.45) is 5.73 Å². The van der Waals surface area contributed by atoms with Crippen LogP contribution in [0.5, 0.6) is 0 Å². The largest absolute Gasteiger partial charge is 0.324 e. The predicted molar refractivity (Wildman–Crippen MR) is 79.7 cm³/mol. The standard InChI is InChI=1S/C16H28N2/c1-4-6-11-18(5-2)12-10-16(17)15-9-7-8-14(3)13-15/h7-9,13,16H,4-6,10-12,17H2,1-3H3. The first-order valence-electron chi connectivity index (χ1n) is 7.21. The fraction of sp³-hybridized carbons (Fsp3) is 0.625. The molecule has 0 aliphatic carbocycles. The van der Waals surface area contributed by atoms with Crippen molar-refractivity contribution in [3.63, 3.8) is 0 Å². The summed E-state index contributed by atoms with van der Waals surface area (Å²) in [5.74, 6) is 0. The smallest absolute Gasteiger partial charge is 0.0307 e. The van der Waals surface area contributed by atoms with Crippen LogP contribution >= 0.6 is 0 Å². The topological polar surface area (TPSA) is 29.3 Å². The van der Waals surface area contributed by atoms with E-state index in [1.54, 1.807) is 0 Å². The van der Waals surface area contributed by atoms with Crippen molar-refractivity contribution in [3.05, 3.63) is 35.4 Å². The molecule has 0 fully saturated rings. The van der Waals surface area contributed by atoms with Crippen molar-refractivity contribution in [3.8, 4) is 0 Å². The fourth-order valence-electron chi connectivity index (χ4n) is 2.20. The van der Waals surface area contributed by atoms with Crippen molar-refractivity contribution >= 4 is 0 Å². The van der Waals surface area contributed by atoms with Crippen LogP contribution in [-0.2, 0) is 0 Å². The van der Waals surface area contributed by atoms with Crippen LogP contribution in [0.2, 0.25) is 0 Å². The van der Waals surface area contributed by atoms with Gasteiger partial charge in [0.25, 0.3) is 0 Å². The van der Waals surface area contributed by atoms with E-state index in [2.05, 4.69) is 49.9 Å². The predicted octanol–water partition coefficient (Wildman–Crippen LogP) is 3.51. The van der Waals surface area contributed by atoms with Crippen LogP contribution in [0.3, 0.4) is 0 Å². The molecule has 1 rings (SSSR count). The van der Waals surface area contributed by atoms with E-state index < -0.39 is 0 Å². The van der Waals surface area contributed by atoms with Crippen LogP contribution in [0.1, 0.15) is 50.3 Å². The molecular formula is C16H28N2. The third-order valence-corrected chi connectivity index (χ3v) is 3.50. The zero-order valence-corrected chi connectivity index (χ0v) is 12.2. The first kappa shape index (κ1) is 15.2. The molecule has 1 aromatic carbocycles. The summed E-state index contributed by atoms with van der Waals surface area (Å²) in [6.45, 7) is 10.0. The summed E-state index contributed by atoms with van der Waals surface area (Å²) in [6, 6.07) is 8.72. The molecule has 0 radical (unpaired) electrons. The molecular weight excluding hydrogens is 220 g/mol. The summed E-state index contributed by atoms with van der Waals surface area (Å²) in [4.78, 5) is 2.50. The Morgan fingerprint density at radius 1 is 1.22 bits per heavy atom. The summed E-state index contributed by atoms with van der Waals surface area (Å²) in [5.41, 5.74) is 8.83. The molecule has 1 aromatic rings. The molecule has 0 amide bonds. The lowest BCUT2D eigenvalue weighted by Gasteiger charge is -2.22. The number of aryl methyl sites for hydroxylation is 1. The van der Waals surface area contributed by atoms with Crippen molar-refractivity contribution in [2.45, 2.75) is 46.1 Å². The first-order valence-corrected chi connectivity index (χ1v) is 7.21. The Balaban J connectivity index is 2.42. The Labute approximate surface area is 112 Å². The fourth-order valence-corrected chi connectivity index (χ4v) is 2.20. The van der Waals surface area contributed by atoms with Crippen molar-refractivity contribution in [1.82, 2.24) is 4.90 Å². The second-order valence-electron chi connectivity index (χ2n) is 5.10. The minimum absolute atomic E-state index is 0.167. The summed E-state index contributed by atoms with van der Waals surface area (Å²) in [7, 11) is 0. The van der Waals surface area contributed by atoms with E-state index in [4.69, 9.17) is 5.73 Å². The van der Waals surface area contributed by atoms with Crippen LogP contribution < -0.4 is 5.73 Å². The SMILES string of the molecule is CCCCN(CC)CCC(N)c1cccc(C)c1. The molecule has 18 heavy (non-hydrogen) atoms. The molecule has 0 aromatic heterocycles. The number of unbranched alkanes of at least 4 members (excludes halogenated alkanes) is 1. The van der Waals surface area contributed by atoms with E-state index in [0.29, 0.717) is 0 Å². The molecule has 2 N–H and O–H groups in total. The lowest BCUT2D eigenvalue weighted by atomic mass is 10.0. The van der Waals surface area contributed by atoms with Crippen LogP contribution in [-0.4, -0.2) is 24.5 Å². The molecule has 2 heteroatoms. The third-order valence-electron chi connectivity index (χ3n) is 3.50. The maximum atomic E-state index is 6.27. The molecule has 0 bridgehead atoms. The van der Waals surface area contributed by atoms with Gasteiger partial charge < -0.3 is 10.6 Å². The number of hydrogen-bond acceptors (Lipinski definition) is 2. The van der Waals surface area contributed by atoms with Gasteiger partial charge in [0.1, 0.15) is 0 Å². The molecule has 0 saturated carbocycles. The lowest BCUT2D eigenvalue weighted by Crippen LogP contribution is -2.28. The van der Waals surface area contributed by atoms with Crippen molar-refractivity contribution in [1.29, 1.82) is 0 Å². The summed E-state index contributed by atoms with van der Waals surface area (Å²) in [5, 5.41) is 0. The van der Waals surface area contributed by atoms with Gasteiger partial charge in [-0.3, -0.25) is 0 Å². The number of rotatable bonds is 8. The van der Waals surface area contributed by atoms with Gasteiger partial charge in [-0.2, -0.15) is 0 Å². The molecule has 0 aliphatic rings. The molecule has 0 spiro atoms. The van der Waals surface area contributed by atoms with Crippen molar-refractivity contribution in [2.75, 3.05) is 19.6 Å². The molecule has 2 nitrogen and oxygen atoms in total. The van der Waals surface area contributed by atoms with Crippen molar-refractivity contribution < 1.29 is 0 Å². The van der Waals surface area contributed by atoms with Crippen LogP contribution in [0.25, 0.3) is 0 Å². The number of nitrogens with two attached hydrogens (primary N) is 1. The Hall–Kier alpha value is -0.860.